The molecule has 1 unspecified atom stereocenters. The number of thioether (sulfide) groups is 1. The average Bonchev–Trinajstić information content (AvgIpc) is 2.68. The smallest absolute Gasteiger partial charge is 0.325 e. The van der Waals surface area contributed by atoms with Gasteiger partial charge >= 0.3 is 5.51 Å². The molecule has 2 aromatic rings. The number of nitrogens with zero attached hydrogens (tertiary/aromatic N) is 2. The van der Waals surface area contributed by atoms with E-state index in [1.54, 1.807) is 29.7 Å². The summed E-state index contributed by atoms with van der Waals surface area (Å²) in [7, 11) is 0. The van der Waals surface area contributed by atoms with Crippen LogP contribution in [0, 0.1) is 0 Å². The van der Waals surface area contributed by atoms with Gasteiger partial charge in [-0.25, -0.2) is 4.98 Å². The van der Waals surface area contributed by atoms with E-state index in [9.17, 15) is 13.2 Å². The Kier molecular flexibility index (Phi) is 4.76. The molecule has 0 amide bonds. The third-order valence-electron chi connectivity index (χ3n) is 2.68. The van der Waals surface area contributed by atoms with Crippen LogP contribution in [0.3, 0.4) is 0 Å². The fourth-order valence-corrected chi connectivity index (χ4v) is 2.89. The van der Waals surface area contributed by atoms with Crippen molar-refractivity contribution >= 4 is 46.0 Å². The molecule has 0 bridgehead atoms. The van der Waals surface area contributed by atoms with Gasteiger partial charge in [-0.05, 0) is 30.8 Å². The van der Waals surface area contributed by atoms with Crippen molar-refractivity contribution < 1.29 is 13.2 Å². The lowest BCUT2D eigenvalue weighted by molar-refractivity contribution is -0.0328. The van der Waals surface area contributed by atoms with E-state index in [1.807, 2.05) is 0 Å². The summed E-state index contributed by atoms with van der Waals surface area (Å²) in [6, 6.07) is 5.19. The van der Waals surface area contributed by atoms with Gasteiger partial charge in [0, 0.05) is 12.3 Å². The average molecular weight is 343 g/mol. The van der Waals surface area contributed by atoms with E-state index < -0.39 is 10.9 Å². The summed E-state index contributed by atoms with van der Waals surface area (Å²) >= 11 is 12.1. The summed E-state index contributed by atoms with van der Waals surface area (Å²) in [5.74, 6) is 0.411. The lowest BCUT2D eigenvalue weighted by Crippen LogP contribution is -2.10. The van der Waals surface area contributed by atoms with Gasteiger partial charge in [0.2, 0.25) is 0 Å². The molecule has 0 fully saturated rings. The Balaban J connectivity index is 2.36. The molecule has 1 aromatic heterocycles. The van der Waals surface area contributed by atoms with Crippen molar-refractivity contribution in [2.75, 3.05) is 5.75 Å². The quantitative estimate of drug-likeness (QED) is 0.707. The fourth-order valence-electron chi connectivity index (χ4n) is 1.94. The third-order valence-corrected chi connectivity index (χ3v) is 3.90. The highest BCUT2D eigenvalue weighted by atomic mass is 35.5. The number of imidazole rings is 1. The standard InChI is InChI=1S/C12H11Cl2F3N2S/c1-7(13)11-18-9-4-2-3-8(14)10(9)19(11)5-6-20-12(15,16)17/h2-4,7H,5-6H2,1H3. The number of rotatable bonds is 4. The van der Waals surface area contributed by atoms with Crippen LogP contribution < -0.4 is 0 Å². The summed E-state index contributed by atoms with van der Waals surface area (Å²) in [5.41, 5.74) is -2.98. The first-order valence-corrected chi connectivity index (χ1v) is 7.59. The van der Waals surface area contributed by atoms with Gasteiger partial charge in [0.1, 0.15) is 5.82 Å². The molecule has 8 heteroatoms. The molecule has 1 atom stereocenters. The van der Waals surface area contributed by atoms with Gasteiger partial charge in [0.05, 0.1) is 21.4 Å². The number of benzene rings is 1. The van der Waals surface area contributed by atoms with Crippen LogP contribution in [-0.2, 0) is 6.54 Å². The number of halogens is 5. The van der Waals surface area contributed by atoms with Crippen molar-refractivity contribution in [1.29, 1.82) is 0 Å². The number of fused-ring (bicyclic) bond motifs is 1. The monoisotopic (exact) mass is 342 g/mol. The second kappa shape index (κ2) is 6.03. The van der Waals surface area contributed by atoms with E-state index in [1.165, 1.54) is 0 Å². The van der Waals surface area contributed by atoms with Gasteiger partial charge in [0.15, 0.2) is 0 Å². The summed E-state index contributed by atoms with van der Waals surface area (Å²) < 4.78 is 38.3. The van der Waals surface area contributed by atoms with E-state index in [2.05, 4.69) is 4.98 Å². The van der Waals surface area contributed by atoms with E-state index in [0.717, 1.165) is 0 Å². The summed E-state index contributed by atoms with van der Waals surface area (Å²) in [6.45, 7) is 1.88. The lowest BCUT2D eigenvalue weighted by Gasteiger charge is -2.12. The number of aromatic nitrogens is 2. The van der Waals surface area contributed by atoms with Crippen LogP contribution in [0.5, 0.6) is 0 Å². The molecule has 0 radical (unpaired) electrons. The predicted octanol–water partition coefficient (Wildman–Crippen LogP) is 5.24. The molecule has 0 aliphatic carbocycles. The van der Waals surface area contributed by atoms with Gasteiger partial charge in [0.25, 0.3) is 0 Å². The van der Waals surface area contributed by atoms with Crippen LogP contribution >= 0.6 is 35.0 Å². The highest BCUT2D eigenvalue weighted by molar-refractivity contribution is 8.00. The third kappa shape index (κ3) is 3.54. The van der Waals surface area contributed by atoms with Crippen molar-refractivity contribution in [3.05, 3.63) is 29.0 Å². The molecule has 1 heterocycles. The molecule has 2 rings (SSSR count). The molecule has 1 aromatic carbocycles. The Morgan fingerprint density at radius 2 is 2.10 bits per heavy atom. The molecule has 0 saturated heterocycles. The van der Waals surface area contributed by atoms with Crippen LogP contribution in [0.25, 0.3) is 11.0 Å². The Morgan fingerprint density at radius 3 is 2.70 bits per heavy atom. The van der Waals surface area contributed by atoms with E-state index in [4.69, 9.17) is 23.2 Å². The normalized spacial score (nSPS) is 13.9. The molecule has 20 heavy (non-hydrogen) atoms. The van der Waals surface area contributed by atoms with Crippen LogP contribution in [0.4, 0.5) is 13.2 Å². The van der Waals surface area contributed by atoms with E-state index in [0.29, 0.717) is 21.9 Å². The molecule has 0 saturated carbocycles. The molecular weight excluding hydrogens is 332 g/mol. The first-order chi connectivity index (χ1) is 9.29. The van der Waals surface area contributed by atoms with Gasteiger partial charge < -0.3 is 4.57 Å². The van der Waals surface area contributed by atoms with Crippen molar-refractivity contribution in [1.82, 2.24) is 9.55 Å². The largest absolute Gasteiger partial charge is 0.441 e. The SMILES string of the molecule is CC(Cl)c1nc2cccc(Cl)c2n1CCSC(F)(F)F. The first-order valence-electron chi connectivity index (χ1n) is 5.79. The van der Waals surface area contributed by atoms with Crippen molar-refractivity contribution in [2.45, 2.75) is 24.4 Å². The Morgan fingerprint density at radius 1 is 1.40 bits per heavy atom. The minimum absolute atomic E-state index is 0.0681. The zero-order valence-electron chi connectivity index (χ0n) is 10.4. The molecule has 0 spiro atoms. The molecule has 0 N–H and O–H groups in total. The van der Waals surface area contributed by atoms with Gasteiger partial charge in [-0.2, -0.15) is 13.2 Å². The van der Waals surface area contributed by atoms with Crippen LogP contribution in [-0.4, -0.2) is 20.8 Å². The highest BCUT2D eigenvalue weighted by Crippen LogP contribution is 2.33. The number of hydrogen-bond acceptors (Lipinski definition) is 2. The Labute approximate surface area is 128 Å². The van der Waals surface area contributed by atoms with Crippen LogP contribution in [0.15, 0.2) is 18.2 Å². The molecule has 110 valence electrons. The maximum absolute atomic E-state index is 12.2. The highest BCUT2D eigenvalue weighted by Gasteiger charge is 2.28. The lowest BCUT2D eigenvalue weighted by atomic mass is 10.3. The summed E-state index contributed by atoms with van der Waals surface area (Å²) in [5, 5.41) is 0.0462. The molecular formula is C12H11Cl2F3N2S. The van der Waals surface area contributed by atoms with Crippen LogP contribution in [0.1, 0.15) is 18.1 Å². The fraction of sp³-hybridized carbons (Fsp3) is 0.417. The number of aryl methyl sites for hydroxylation is 1. The maximum Gasteiger partial charge on any atom is 0.441 e. The number of hydrogen-bond donors (Lipinski definition) is 0. The van der Waals surface area contributed by atoms with E-state index >= 15 is 0 Å². The van der Waals surface area contributed by atoms with Crippen molar-refractivity contribution in [3.63, 3.8) is 0 Å². The summed E-state index contributed by atoms with van der Waals surface area (Å²) in [4.78, 5) is 4.34. The molecule has 0 aliphatic rings. The van der Waals surface area contributed by atoms with Crippen LogP contribution in [0.2, 0.25) is 5.02 Å². The maximum atomic E-state index is 12.2. The Hall–Kier alpha value is -0.590. The minimum atomic E-state index is -4.24. The zero-order valence-corrected chi connectivity index (χ0v) is 12.7. The Bertz CT molecular complexity index is 611. The zero-order chi connectivity index (χ0) is 14.9. The molecule has 0 aliphatic heterocycles. The van der Waals surface area contributed by atoms with Gasteiger partial charge in [-0.3, -0.25) is 0 Å². The number of para-hydroxylation sites is 1. The van der Waals surface area contributed by atoms with Crippen molar-refractivity contribution in [3.8, 4) is 0 Å². The first kappa shape index (κ1) is 15.8. The second-order valence-corrected chi connectivity index (χ2v) is 6.36. The van der Waals surface area contributed by atoms with E-state index in [-0.39, 0.29) is 24.1 Å². The van der Waals surface area contributed by atoms with Gasteiger partial charge in [-0.1, -0.05) is 17.7 Å². The second-order valence-electron chi connectivity index (χ2n) is 4.14. The topological polar surface area (TPSA) is 17.8 Å². The number of alkyl halides is 4. The van der Waals surface area contributed by atoms with Crippen molar-refractivity contribution in [2.24, 2.45) is 0 Å². The van der Waals surface area contributed by atoms with Gasteiger partial charge in [-0.15, -0.1) is 11.6 Å². The minimum Gasteiger partial charge on any atom is -0.325 e. The molecule has 2 nitrogen and oxygen atoms in total. The predicted molar refractivity (Wildman–Crippen MR) is 77.5 cm³/mol. The summed E-state index contributed by atoms with van der Waals surface area (Å²) in [6.07, 6.45) is 0.